The fraction of sp³-hybridized carbons (Fsp3) is 0.304. The first-order valence-electron chi connectivity index (χ1n) is 9.07. The molecule has 27 heavy (non-hydrogen) atoms. The third kappa shape index (κ3) is 3.81. The Labute approximate surface area is 160 Å². The fourth-order valence-electron chi connectivity index (χ4n) is 3.92. The Morgan fingerprint density at radius 1 is 0.963 bits per heavy atom. The van der Waals surface area contributed by atoms with Gasteiger partial charge in [-0.3, -0.25) is 0 Å². The summed E-state index contributed by atoms with van der Waals surface area (Å²) in [5, 5.41) is 17.4. The summed E-state index contributed by atoms with van der Waals surface area (Å²) in [5.74, 6) is 1.70. The Morgan fingerprint density at radius 2 is 1.67 bits per heavy atom. The quantitative estimate of drug-likeness (QED) is 0.659. The van der Waals surface area contributed by atoms with Gasteiger partial charge < -0.3 is 9.47 Å². The number of hydrogen-bond acceptors (Lipinski definition) is 4. The molecule has 4 nitrogen and oxygen atoms in total. The molecule has 1 unspecified atom stereocenters. The molecular weight excluding hydrogens is 336 g/mol. The largest absolute Gasteiger partial charge is 0.388 e. The molecule has 0 radical (unpaired) electrons. The minimum atomic E-state index is 0.479. The summed E-state index contributed by atoms with van der Waals surface area (Å²) in [5.41, 5.74) is 7.28. The van der Waals surface area contributed by atoms with Crippen molar-refractivity contribution in [1.82, 2.24) is 0 Å². The van der Waals surface area contributed by atoms with E-state index < -0.39 is 0 Å². The molecule has 0 fully saturated rings. The first kappa shape index (κ1) is 18.5. The van der Waals surface area contributed by atoms with E-state index in [-0.39, 0.29) is 0 Å². The first-order valence-corrected chi connectivity index (χ1v) is 9.07. The maximum absolute atomic E-state index is 8.82. The molecule has 2 aromatic rings. The summed E-state index contributed by atoms with van der Waals surface area (Å²) in [6.45, 7) is 6.18. The SMILES string of the molecule is Cc1cc(OC#N)c(C)c(C)c1C1=CCC(c2ccc(OC#N)cc2)CC1. The normalized spacial score (nSPS) is 16.0. The average Bonchev–Trinajstić information content (AvgIpc) is 2.68. The number of allylic oxidation sites excluding steroid dienone is 2. The van der Waals surface area contributed by atoms with Gasteiger partial charge in [0.25, 0.3) is 12.5 Å². The van der Waals surface area contributed by atoms with Crippen molar-refractivity contribution in [3.8, 4) is 24.0 Å². The second-order valence-corrected chi connectivity index (χ2v) is 6.97. The highest BCUT2D eigenvalue weighted by molar-refractivity contribution is 5.74. The molecule has 1 aliphatic carbocycles. The molecule has 3 rings (SSSR count). The van der Waals surface area contributed by atoms with Crippen LogP contribution in [0.1, 0.15) is 53.0 Å². The summed E-state index contributed by atoms with van der Waals surface area (Å²) in [6, 6.07) is 9.75. The van der Waals surface area contributed by atoms with Crippen molar-refractivity contribution in [3.05, 3.63) is 64.2 Å². The number of aryl methyl sites for hydroxylation is 1. The maximum Gasteiger partial charge on any atom is 0.292 e. The van der Waals surface area contributed by atoms with Crippen LogP contribution in [0.5, 0.6) is 11.5 Å². The van der Waals surface area contributed by atoms with Crippen molar-refractivity contribution in [2.45, 2.75) is 46.0 Å². The highest BCUT2D eigenvalue weighted by Crippen LogP contribution is 2.40. The molecule has 0 aromatic heterocycles. The predicted octanol–water partition coefficient (Wildman–Crippen LogP) is 5.68. The summed E-state index contributed by atoms with van der Waals surface area (Å²) in [6.07, 6.45) is 8.90. The van der Waals surface area contributed by atoms with E-state index in [1.165, 1.54) is 22.3 Å². The topological polar surface area (TPSA) is 66.0 Å². The summed E-state index contributed by atoms with van der Waals surface area (Å²) in [4.78, 5) is 0. The molecule has 1 aliphatic rings. The Balaban J connectivity index is 1.82. The van der Waals surface area contributed by atoms with E-state index in [4.69, 9.17) is 20.0 Å². The van der Waals surface area contributed by atoms with Crippen LogP contribution in [0.2, 0.25) is 0 Å². The van der Waals surface area contributed by atoms with Gasteiger partial charge >= 0.3 is 0 Å². The van der Waals surface area contributed by atoms with Gasteiger partial charge in [-0.2, -0.15) is 0 Å². The zero-order chi connectivity index (χ0) is 19.4. The van der Waals surface area contributed by atoms with Gasteiger partial charge in [-0.05, 0) is 97.5 Å². The van der Waals surface area contributed by atoms with Crippen LogP contribution in [0.25, 0.3) is 5.57 Å². The van der Waals surface area contributed by atoms with E-state index in [0.717, 1.165) is 30.4 Å². The van der Waals surface area contributed by atoms with E-state index in [9.17, 15) is 0 Å². The highest BCUT2D eigenvalue weighted by Gasteiger charge is 2.21. The smallest absolute Gasteiger partial charge is 0.292 e. The lowest BCUT2D eigenvalue weighted by atomic mass is 9.80. The van der Waals surface area contributed by atoms with E-state index >= 15 is 0 Å². The van der Waals surface area contributed by atoms with Gasteiger partial charge in [-0.15, -0.1) is 10.5 Å². The molecule has 1 atom stereocenters. The highest BCUT2D eigenvalue weighted by atomic mass is 16.5. The lowest BCUT2D eigenvalue weighted by Crippen LogP contribution is -2.07. The molecule has 2 aromatic carbocycles. The number of benzene rings is 2. The number of nitrogens with zero attached hydrogens (tertiary/aromatic N) is 2. The van der Waals surface area contributed by atoms with E-state index in [1.807, 2.05) is 37.3 Å². The molecule has 0 amide bonds. The molecule has 0 heterocycles. The summed E-state index contributed by atoms with van der Waals surface area (Å²) < 4.78 is 9.95. The molecule has 0 bridgehead atoms. The van der Waals surface area contributed by atoms with Crippen LogP contribution in [0.4, 0.5) is 0 Å². The summed E-state index contributed by atoms with van der Waals surface area (Å²) in [7, 11) is 0. The van der Waals surface area contributed by atoms with Crippen LogP contribution >= 0.6 is 0 Å². The van der Waals surface area contributed by atoms with Crippen LogP contribution in [0.15, 0.2) is 36.4 Å². The Hall–Kier alpha value is -3.24. The molecule has 0 N–H and O–H groups in total. The minimum absolute atomic E-state index is 0.479. The van der Waals surface area contributed by atoms with Gasteiger partial charge in [0.1, 0.15) is 11.5 Å². The number of ether oxygens (including phenoxy) is 2. The van der Waals surface area contributed by atoms with Crippen molar-refractivity contribution < 1.29 is 9.47 Å². The number of nitriles is 2. The third-order valence-corrected chi connectivity index (χ3v) is 5.45. The van der Waals surface area contributed by atoms with E-state index in [1.54, 1.807) is 12.5 Å². The van der Waals surface area contributed by atoms with Gasteiger partial charge in [-0.1, -0.05) is 18.2 Å². The van der Waals surface area contributed by atoms with Gasteiger partial charge in [-0.25, -0.2) is 0 Å². The molecule has 0 aliphatic heterocycles. The maximum atomic E-state index is 8.82. The molecule has 0 saturated heterocycles. The van der Waals surface area contributed by atoms with Crippen LogP contribution in [-0.4, -0.2) is 0 Å². The Kier molecular flexibility index (Phi) is 5.48. The average molecular weight is 358 g/mol. The molecule has 136 valence electrons. The monoisotopic (exact) mass is 358 g/mol. The lowest BCUT2D eigenvalue weighted by molar-refractivity contribution is 0.502. The standard InChI is InChI=1S/C23H22N2O2/c1-15-12-22(27-14-25)16(2)17(3)23(15)20-6-4-18(5-7-20)19-8-10-21(11-9-19)26-13-24/h6,8-12,18H,4-5,7H2,1-3H3. The van der Waals surface area contributed by atoms with Crippen LogP contribution in [0.3, 0.4) is 0 Å². The van der Waals surface area contributed by atoms with Gasteiger partial charge in [0, 0.05) is 0 Å². The van der Waals surface area contributed by atoms with Crippen molar-refractivity contribution >= 4 is 5.57 Å². The van der Waals surface area contributed by atoms with Crippen LogP contribution in [0, 0.1) is 43.8 Å². The van der Waals surface area contributed by atoms with Gasteiger partial charge in [0.15, 0.2) is 0 Å². The van der Waals surface area contributed by atoms with Crippen molar-refractivity contribution in [3.63, 3.8) is 0 Å². The molecule has 4 heteroatoms. The first-order chi connectivity index (χ1) is 13.0. The van der Waals surface area contributed by atoms with Gasteiger partial charge in [0.2, 0.25) is 0 Å². The zero-order valence-corrected chi connectivity index (χ0v) is 15.9. The molecule has 0 spiro atoms. The predicted molar refractivity (Wildman–Crippen MR) is 104 cm³/mol. The second kappa shape index (κ2) is 7.98. The van der Waals surface area contributed by atoms with Crippen molar-refractivity contribution in [1.29, 1.82) is 10.5 Å². The van der Waals surface area contributed by atoms with E-state index in [2.05, 4.69) is 19.9 Å². The molecular formula is C23H22N2O2. The van der Waals surface area contributed by atoms with E-state index in [0.29, 0.717) is 17.4 Å². The lowest BCUT2D eigenvalue weighted by Gasteiger charge is -2.25. The Bertz CT molecular complexity index is 960. The van der Waals surface area contributed by atoms with Crippen molar-refractivity contribution in [2.24, 2.45) is 0 Å². The van der Waals surface area contributed by atoms with Crippen LogP contribution in [-0.2, 0) is 0 Å². The summed E-state index contributed by atoms with van der Waals surface area (Å²) >= 11 is 0. The number of rotatable bonds is 4. The fourth-order valence-corrected chi connectivity index (χ4v) is 3.92. The third-order valence-electron chi connectivity index (χ3n) is 5.45. The zero-order valence-electron chi connectivity index (χ0n) is 15.9. The second-order valence-electron chi connectivity index (χ2n) is 6.97. The van der Waals surface area contributed by atoms with Gasteiger partial charge in [0.05, 0.1) is 0 Å². The minimum Gasteiger partial charge on any atom is -0.388 e. The van der Waals surface area contributed by atoms with Crippen molar-refractivity contribution in [2.75, 3.05) is 0 Å². The number of hydrogen-bond donors (Lipinski definition) is 0. The van der Waals surface area contributed by atoms with Crippen LogP contribution < -0.4 is 9.47 Å². The molecule has 0 saturated carbocycles. The Morgan fingerprint density at radius 3 is 2.26 bits per heavy atom.